The van der Waals surface area contributed by atoms with E-state index in [1.54, 1.807) is 0 Å². The van der Waals surface area contributed by atoms with Crippen LogP contribution in [0.15, 0.2) is 23.4 Å². The minimum absolute atomic E-state index is 0.0381. The number of carboxylic acids is 1. The molecule has 1 aromatic carbocycles. The summed E-state index contributed by atoms with van der Waals surface area (Å²) in [7, 11) is 1.15. The van der Waals surface area contributed by atoms with Crippen molar-refractivity contribution in [2.75, 3.05) is 7.11 Å². The zero-order valence-corrected chi connectivity index (χ0v) is 8.65. The maximum atomic E-state index is 10.8. The Morgan fingerprint density at radius 2 is 2.18 bits per heavy atom. The fraction of sp³-hybridized carbons (Fsp3) is 0.111. The molecule has 1 aromatic rings. The quantitative estimate of drug-likeness (QED) is 0.454. The number of nitro benzene ring substituents is 1. The molecule has 0 saturated carbocycles. The number of carboxylic acid groups (broad SMARTS) is 1. The van der Waals surface area contributed by atoms with Gasteiger partial charge in [0.15, 0.2) is 11.5 Å². The van der Waals surface area contributed by atoms with E-state index < -0.39 is 28.0 Å². The molecule has 8 nitrogen and oxygen atoms in total. The number of oxime groups is 1. The first-order valence-electron chi connectivity index (χ1n) is 4.29. The molecule has 0 amide bonds. The number of aromatic hydroxyl groups is 1. The zero-order chi connectivity index (χ0) is 13.0. The van der Waals surface area contributed by atoms with Gasteiger partial charge in [-0.3, -0.25) is 10.1 Å². The second-order valence-corrected chi connectivity index (χ2v) is 2.89. The first-order valence-corrected chi connectivity index (χ1v) is 4.29. The SMILES string of the molecule is CON=C(C(=O)O)c1ccc(O)c([N+](=O)[O-])c1. The van der Waals surface area contributed by atoms with Gasteiger partial charge in [0.25, 0.3) is 0 Å². The average Bonchev–Trinajstić information content (AvgIpc) is 2.26. The largest absolute Gasteiger partial charge is 0.502 e. The van der Waals surface area contributed by atoms with Crippen LogP contribution in [0.3, 0.4) is 0 Å². The number of nitrogens with zero attached hydrogens (tertiary/aromatic N) is 2. The molecule has 17 heavy (non-hydrogen) atoms. The van der Waals surface area contributed by atoms with Crippen LogP contribution < -0.4 is 0 Å². The molecule has 0 unspecified atom stereocenters. The highest BCUT2D eigenvalue weighted by Gasteiger charge is 2.20. The molecule has 0 aliphatic rings. The Bertz CT molecular complexity index is 496. The van der Waals surface area contributed by atoms with Crippen molar-refractivity contribution in [2.45, 2.75) is 0 Å². The van der Waals surface area contributed by atoms with Gasteiger partial charge in [-0.15, -0.1) is 0 Å². The standard InChI is InChI=1S/C9H8N2O6/c1-17-10-8(9(13)14)5-2-3-7(12)6(4-5)11(15)16/h2-4,12H,1H3,(H,13,14). The zero-order valence-electron chi connectivity index (χ0n) is 8.65. The van der Waals surface area contributed by atoms with Crippen molar-refractivity contribution in [3.63, 3.8) is 0 Å². The molecule has 0 aliphatic carbocycles. The van der Waals surface area contributed by atoms with Crippen molar-refractivity contribution in [3.8, 4) is 5.75 Å². The maximum absolute atomic E-state index is 10.8. The summed E-state index contributed by atoms with van der Waals surface area (Å²) in [6.45, 7) is 0. The molecule has 0 atom stereocenters. The molecule has 0 aromatic heterocycles. The fourth-order valence-corrected chi connectivity index (χ4v) is 1.12. The average molecular weight is 240 g/mol. The second-order valence-electron chi connectivity index (χ2n) is 2.89. The van der Waals surface area contributed by atoms with Crippen LogP contribution in [-0.2, 0) is 9.63 Å². The molecule has 0 saturated heterocycles. The summed E-state index contributed by atoms with van der Waals surface area (Å²) in [5, 5.41) is 31.8. The van der Waals surface area contributed by atoms with E-state index in [-0.39, 0.29) is 5.56 Å². The topological polar surface area (TPSA) is 122 Å². The Balaban J connectivity index is 3.32. The summed E-state index contributed by atoms with van der Waals surface area (Å²) >= 11 is 0. The number of aliphatic carboxylic acids is 1. The summed E-state index contributed by atoms with van der Waals surface area (Å²) in [6, 6.07) is 3.11. The predicted octanol–water partition coefficient (Wildman–Crippen LogP) is 0.736. The van der Waals surface area contributed by atoms with Crippen molar-refractivity contribution in [1.29, 1.82) is 0 Å². The Hall–Kier alpha value is -2.64. The summed E-state index contributed by atoms with van der Waals surface area (Å²) in [4.78, 5) is 24.9. The number of rotatable bonds is 4. The minimum atomic E-state index is -1.40. The van der Waals surface area contributed by atoms with Crippen molar-refractivity contribution in [2.24, 2.45) is 5.16 Å². The van der Waals surface area contributed by atoms with Gasteiger partial charge in [-0.1, -0.05) is 5.16 Å². The predicted molar refractivity (Wildman–Crippen MR) is 55.9 cm³/mol. The van der Waals surface area contributed by atoms with Gasteiger partial charge in [0, 0.05) is 11.6 Å². The molecule has 0 spiro atoms. The molecule has 0 radical (unpaired) electrons. The van der Waals surface area contributed by atoms with Gasteiger partial charge in [0.2, 0.25) is 0 Å². The first kappa shape index (κ1) is 12.4. The lowest BCUT2D eigenvalue weighted by atomic mass is 10.1. The van der Waals surface area contributed by atoms with Crippen LogP contribution >= 0.6 is 0 Å². The molecule has 8 heteroatoms. The highest BCUT2D eigenvalue weighted by atomic mass is 16.6. The third-order valence-electron chi connectivity index (χ3n) is 1.83. The van der Waals surface area contributed by atoms with Crippen LogP contribution in [0.2, 0.25) is 0 Å². The summed E-state index contributed by atoms with van der Waals surface area (Å²) in [5.41, 5.74) is -1.13. The van der Waals surface area contributed by atoms with E-state index in [0.717, 1.165) is 19.2 Å². The fourth-order valence-electron chi connectivity index (χ4n) is 1.12. The number of nitro groups is 1. The van der Waals surface area contributed by atoms with Gasteiger partial charge >= 0.3 is 11.7 Å². The van der Waals surface area contributed by atoms with Gasteiger partial charge in [0.1, 0.15) is 7.11 Å². The molecule has 0 heterocycles. The number of benzene rings is 1. The van der Waals surface area contributed by atoms with E-state index in [4.69, 9.17) is 5.11 Å². The van der Waals surface area contributed by atoms with Crippen molar-refractivity contribution < 1.29 is 24.8 Å². The van der Waals surface area contributed by atoms with E-state index in [9.17, 15) is 20.0 Å². The lowest BCUT2D eigenvalue weighted by molar-refractivity contribution is -0.385. The number of hydrogen-bond acceptors (Lipinski definition) is 6. The van der Waals surface area contributed by atoms with Gasteiger partial charge in [-0.05, 0) is 12.1 Å². The normalized spacial score (nSPS) is 11.0. The molecule has 1 rings (SSSR count). The number of phenolic OH excluding ortho intramolecular Hbond substituents is 1. The molecular formula is C9H8N2O6. The lowest BCUT2D eigenvalue weighted by Crippen LogP contribution is -2.15. The van der Waals surface area contributed by atoms with Gasteiger partial charge in [0.05, 0.1) is 4.92 Å². The first-order chi connectivity index (χ1) is 7.97. The number of hydrogen-bond donors (Lipinski definition) is 2. The van der Waals surface area contributed by atoms with E-state index in [1.165, 1.54) is 6.07 Å². The van der Waals surface area contributed by atoms with Crippen LogP contribution in [-0.4, -0.2) is 33.9 Å². The van der Waals surface area contributed by atoms with Crippen LogP contribution in [0.1, 0.15) is 5.56 Å². The van der Waals surface area contributed by atoms with Crippen LogP contribution in [0.25, 0.3) is 0 Å². The van der Waals surface area contributed by atoms with Crippen LogP contribution in [0.5, 0.6) is 5.75 Å². The molecule has 0 bridgehead atoms. The summed E-state index contributed by atoms with van der Waals surface area (Å²) in [5.74, 6) is -1.95. The van der Waals surface area contributed by atoms with E-state index in [1.807, 2.05) is 0 Å². The highest BCUT2D eigenvalue weighted by Crippen LogP contribution is 2.26. The Morgan fingerprint density at radius 1 is 1.53 bits per heavy atom. The lowest BCUT2D eigenvalue weighted by Gasteiger charge is -2.02. The van der Waals surface area contributed by atoms with E-state index in [2.05, 4.69) is 9.99 Å². The Labute approximate surface area is 94.9 Å². The smallest absolute Gasteiger partial charge is 0.358 e. The number of phenols is 1. The van der Waals surface area contributed by atoms with Gasteiger partial charge in [-0.25, -0.2) is 4.79 Å². The maximum Gasteiger partial charge on any atom is 0.358 e. The van der Waals surface area contributed by atoms with Crippen molar-refractivity contribution in [1.82, 2.24) is 0 Å². The van der Waals surface area contributed by atoms with Crippen LogP contribution in [0, 0.1) is 10.1 Å². The summed E-state index contributed by atoms with van der Waals surface area (Å²) in [6.07, 6.45) is 0. The van der Waals surface area contributed by atoms with Gasteiger partial charge < -0.3 is 15.1 Å². The summed E-state index contributed by atoms with van der Waals surface area (Å²) < 4.78 is 0. The van der Waals surface area contributed by atoms with Crippen molar-refractivity contribution in [3.05, 3.63) is 33.9 Å². The molecule has 2 N–H and O–H groups in total. The van der Waals surface area contributed by atoms with E-state index in [0.29, 0.717) is 0 Å². The molecule has 0 fully saturated rings. The Kier molecular flexibility index (Phi) is 3.60. The molecular weight excluding hydrogens is 232 g/mol. The third kappa shape index (κ3) is 2.68. The van der Waals surface area contributed by atoms with Crippen LogP contribution in [0.4, 0.5) is 5.69 Å². The highest BCUT2D eigenvalue weighted by molar-refractivity contribution is 6.42. The molecule has 90 valence electrons. The minimum Gasteiger partial charge on any atom is -0.502 e. The molecule has 0 aliphatic heterocycles. The van der Waals surface area contributed by atoms with Crippen molar-refractivity contribution >= 4 is 17.4 Å². The number of carbonyl (C=O) groups is 1. The Morgan fingerprint density at radius 3 is 2.65 bits per heavy atom. The monoisotopic (exact) mass is 240 g/mol. The van der Waals surface area contributed by atoms with Gasteiger partial charge in [-0.2, -0.15) is 0 Å². The van der Waals surface area contributed by atoms with E-state index >= 15 is 0 Å². The third-order valence-corrected chi connectivity index (χ3v) is 1.83. The second kappa shape index (κ2) is 4.92.